The molecule has 24 heavy (non-hydrogen) atoms. The number of carbonyl (C=O) groups excluding carboxylic acids is 1. The summed E-state index contributed by atoms with van der Waals surface area (Å²) in [4.78, 5) is 14.9. The Hall–Kier alpha value is -2.21. The van der Waals surface area contributed by atoms with Crippen molar-refractivity contribution in [2.75, 3.05) is 7.11 Å². The van der Waals surface area contributed by atoms with E-state index in [1.165, 1.54) is 25.4 Å². The summed E-state index contributed by atoms with van der Waals surface area (Å²) < 4.78 is 31.5. The molecule has 0 amide bonds. The maximum Gasteiger partial charge on any atom is 0.183 e. The number of alkyl halides is 1. The smallest absolute Gasteiger partial charge is 0.183 e. The quantitative estimate of drug-likeness (QED) is 0.315. The van der Waals surface area contributed by atoms with E-state index in [0.29, 0.717) is 22.0 Å². The van der Waals surface area contributed by atoms with E-state index in [9.17, 15) is 13.6 Å². The topological polar surface area (TPSA) is 42.1 Å². The third kappa shape index (κ3) is 3.64. The summed E-state index contributed by atoms with van der Waals surface area (Å²) in [6.45, 7) is 4.89. The Morgan fingerprint density at radius 2 is 2.17 bits per heavy atom. The van der Waals surface area contributed by atoms with Gasteiger partial charge in [-0.15, -0.1) is 0 Å². The Balaban J connectivity index is 2.41. The van der Waals surface area contributed by atoms with Gasteiger partial charge in [-0.2, -0.15) is 0 Å². The largest absolute Gasteiger partial charge is 0.496 e. The third-order valence-corrected chi connectivity index (χ3v) is 4.42. The zero-order valence-electron chi connectivity index (χ0n) is 13.2. The van der Waals surface area contributed by atoms with Crippen molar-refractivity contribution >= 4 is 32.6 Å². The van der Waals surface area contributed by atoms with Crippen LogP contribution in [-0.4, -0.2) is 22.7 Å². The number of methoxy groups -OCH3 is 1. The average Bonchev–Trinajstić information content (AvgIpc) is 2.96. The number of aromatic nitrogens is 1. The number of ether oxygens (including phenoxy) is 1. The zero-order valence-corrected chi connectivity index (χ0v) is 14.8. The number of H-pyrrole nitrogens is 1. The number of carbonyl (C=O) groups is 1. The summed E-state index contributed by atoms with van der Waals surface area (Å²) in [6.07, 6.45) is 4.30. The Morgan fingerprint density at radius 3 is 2.75 bits per heavy atom. The van der Waals surface area contributed by atoms with Crippen molar-refractivity contribution in [3.05, 3.63) is 71.7 Å². The predicted octanol–water partition coefficient (Wildman–Crippen LogP) is 5.21. The van der Waals surface area contributed by atoms with Crippen LogP contribution in [0, 0.1) is 5.82 Å². The first-order valence-electron chi connectivity index (χ1n) is 7.10. The Kier molecular flexibility index (Phi) is 5.72. The molecule has 2 rings (SSSR count). The van der Waals surface area contributed by atoms with Gasteiger partial charge >= 0.3 is 0 Å². The Labute approximate surface area is 146 Å². The van der Waals surface area contributed by atoms with E-state index in [0.717, 1.165) is 6.08 Å². The molecule has 3 nitrogen and oxygen atoms in total. The van der Waals surface area contributed by atoms with Crippen molar-refractivity contribution in [2.24, 2.45) is 0 Å². The highest BCUT2D eigenvalue weighted by Gasteiger charge is 2.26. The number of fused-ring (bicyclic) bond motifs is 1. The first kappa shape index (κ1) is 18.1. The molecule has 1 aromatic carbocycles. The molecule has 0 aliphatic rings. The van der Waals surface area contributed by atoms with Crippen LogP contribution < -0.4 is 0 Å². The second-order valence-electron chi connectivity index (χ2n) is 5.02. The lowest BCUT2D eigenvalue weighted by atomic mass is 10.0. The molecule has 0 aliphatic heterocycles. The van der Waals surface area contributed by atoms with Gasteiger partial charge in [0.2, 0.25) is 0 Å². The number of allylic oxidation sites excluding steroid dienone is 4. The number of Topliss-reactive ketones (excluding diaryl/α,β-unsaturated/α-hetero) is 1. The summed E-state index contributed by atoms with van der Waals surface area (Å²) in [5.41, 5.74) is 1.40. The molecule has 1 N–H and O–H groups in total. The molecule has 0 radical (unpaired) electrons. The minimum atomic E-state index is -0.753. The molecule has 1 heterocycles. The van der Waals surface area contributed by atoms with Crippen LogP contribution in [-0.2, 0) is 4.74 Å². The van der Waals surface area contributed by atoms with Crippen LogP contribution in [0.1, 0.15) is 17.3 Å². The molecule has 0 aliphatic carbocycles. The maximum atomic E-state index is 13.3. The maximum absolute atomic E-state index is 13.3. The van der Waals surface area contributed by atoms with Crippen LogP contribution in [0.4, 0.5) is 8.78 Å². The fraction of sp³-hybridized carbons (Fsp3) is 0.167. The molecule has 0 bridgehead atoms. The van der Waals surface area contributed by atoms with Crippen molar-refractivity contribution in [3.63, 3.8) is 0 Å². The monoisotopic (exact) mass is 395 g/mol. The molecule has 0 fully saturated rings. The predicted molar refractivity (Wildman–Crippen MR) is 94.4 cm³/mol. The van der Waals surface area contributed by atoms with Gasteiger partial charge < -0.3 is 9.72 Å². The van der Waals surface area contributed by atoms with Crippen molar-refractivity contribution in [3.8, 4) is 0 Å². The number of nitrogens with one attached hydrogen (secondary N) is 1. The van der Waals surface area contributed by atoms with Crippen LogP contribution in [0.2, 0.25) is 0 Å². The summed E-state index contributed by atoms with van der Waals surface area (Å²) in [5.74, 6) is -1.13. The average molecular weight is 396 g/mol. The Morgan fingerprint density at radius 1 is 1.46 bits per heavy atom. The molecule has 2 aromatic rings. The van der Waals surface area contributed by atoms with E-state index < -0.39 is 10.7 Å². The van der Waals surface area contributed by atoms with Crippen LogP contribution in [0.3, 0.4) is 0 Å². The van der Waals surface area contributed by atoms with E-state index in [1.807, 2.05) is 0 Å². The van der Waals surface area contributed by atoms with E-state index in [4.69, 9.17) is 4.74 Å². The highest BCUT2D eigenvalue weighted by atomic mass is 79.9. The molecular weight excluding hydrogens is 380 g/mol. The molecule has 1 unspecified atom stereocenters. The lowest BCUT2D eigenvalue weighted by Gasteiger charge is -2.15. The van der Waals surface area contributed by atoms with E-state index in [1.54, 1.807) is 19.1 Å². The normalized spacial score (nSPS) is 13.9. The molecule has 1 aromatic heterocycles. The number of benzene rings is 1. The third-order valence-electron chi connectivity index (χ3n) is 3.52. The standard InChI is InChI=1S/C18H16BrF2NO2/c1-4-12(16(24-3)7-10(2)20)17(19)18(23)14-9-22-15-8-11(21)5-6-13(14)15/h4-9,17,22H,2H2,1,3H3/b12-4+,16-7+. The zero-order chi connectivity index (χ0) is 17.9. The van der Waals surface area contributed by atoms with Crippen LogP contribution in [0.15, 0.2) is 60.3 Å². The van der Waals surface area contributed by atoms with Gasteiger partial charge in [0.25, 0.3) is 0 Å². The van der Waals surface area contributed by atoms with Crippen LogP contribution in [0.5, 0.6) is 0 Å². The van der Waals surface area contributed by atoms with E-state index in [2.05, 4.69) is 27.5 Å². The number of ketones is 1. The van der Waals surface area contributed by atoms with Gasteiger partial charge in [0.05, 0.1) is 7.11 Å². The van der Waals surface area contributed by atoms with Gasteiger partial charge in [-0.1, -0.05) is 28.6 Å². The van der Waals surface area contributed by atoms with Gasteiger partial charge in [-0.05, 0) is 25.1 Å². The number of aromatic amines is 1. The van der Waals surface area contributed by atoms with Crippen LogP contribution >= 0.6 is 15.9 Å². The second-order valence-corrected chi connectivity index (χ2v) is 5.94. The number of halogens is 3. The number of hydrogen-bond donors (Lipinski definition) is 1. The first-order chi connectivity index (χ1) is 11.4. The van der Waals surface area contributed by atoms with Crippen molar-refractivity contribution < 1.29 is 18.3 Å². The molecule has 126 valence electrons. The van der Waals surface area contributed by atoms with Gasteiger partial charge in [-0.25, -0.2) is 8.78 Å². The molecule has 1 atom stereocenters. The molecule has 6 heteroatoms. The number of rotatable bonds is 6. The van der Waals surface area contributed by atoms with Gasteiger partial charge in [0.1, 0.15) is 22.2 Å². The van der Waals surface area contributed by atoms with Gasteiger partial charge in [-0.3, -0.25) is 4.79 Å². The highest BCUT2D eigenvalue weighted by Crippen LogP contribution is 2.29. The Bertz CT molecular complexity index is 852. The summed E-state index contributed by atoms with van der Waals surface area (Å²) in [6, 6.07) is 4.15. The van der Waals surface area contributed by atoms with Crippen LogP contribution in [0.25, 0.3) is 10.9 Å². The molecule has 0 saturated heterocycles. The minimum Gasteiger partial charge on any atom is -0.496 e. The van der Waals surface area contributed by atoms with Gasteiger partial charge in [0, 0.05) is 34.3 Å². The lowest BCUT2D eigenvalue weighted by Crippen LogP contribution is -2.18. The fourth-order valence-electron chi connectivity index (χ4n) is 2.40. The highest BCUT2D eigenvalue weighted by molar-refractivity contribution is 9.10. The molecule has 0 spiro atoms. The van der Waals surface area contributed by atoms with Crippen molar-refractivity contribution in [2.45, 2.75) is 11.8 Å². The lowest BCUT2D eigenvalue weighted by molar-refractivity contribution is 0.0999. The fourth-order valence-corrected chi connectivity index (χ4v) is 3.13. The van der Waals surface area contributed by atoms with Gasteiger partial charge in [0.15, 0.2) is 5.78 Å². The number of hydrogen-bond acceptors (Lipinski definition) is 2. The SMILES string of the molecule is C=C(F)/C=C(OC)\C(=C/C)C(Br)C(=O)c1c[nH]c2cc(F)ccc12. The van der Waals surface area contributed by atoms with Crippen molar-refractivity contribution in [1.82, 2.24) is 4.98 Å². The van der Waals surface area contributed by atoms with E-state index in [-0.39, 0.29) is 17.4 Å². The second kappa shape index (κ2) is 7.57. The minimum absolute atomic E-state index is 0.200. The summed E-state index contributed by atoms with van der Waals surface area (Å²) >= 11 is 3.34. The first-order valence-corrected chi connectivity index (χ1v) is 8.02. The summed E-state index contributed by atoms with van der Waals surface area (Å²) in [5, 5.41) is 0.610. The molecule has 0 saturated carbocycles. The van der Waals surface area contributed by atoms with E-state index >= 15 is 0 Å². The van der Waals surface area contributed by atoms with Crippen molar-refractivity contribution in [1.29, 1.82) is 0 Å². The summed E-state index contributed by atoms with van der Waals surface area (Å²) in [7, 11) is 1.39. The molecular formula is C18H16BrF2NO2.